The van der Waals surface area contributed by atoms with Gasteiger partial charge < -0.3 is 13.9 Å². The van der Waals surface area contributed by atoms with Gasteiger partial charge in [0.1, 0.15) is 6.10 Å². The van der Waals surface area contributed by atoms with Crippen molar-refractivity contribution in [1.29, 1.82) is 0 Å². The first-order valence-corrected chi connectivity index (χ1v) is 11.7. The Bertz CT molecular complexity index is 491. The molecule has 0 saturated heterocycles. The van der Waals surface area contributed by atoms with E-state index in [4.69, 9.17) is 13.9 Å². The van der Waals surface area contributed by atoms with Gasteiger partial charge in [0.25, 0.3) is 4.58 Å². The maximum Gasteiger partial charge on any atom is 0.358 e. The first-order chi connectivity index (χ1) is 10.7. The molecule has 0 unspecified atom stereocenters. The van der Waals surface area contributed by atoms with Crippen molar-refractivity contribution in [3.05, 3.63) is 35.9 Å². The van der Waals surface area contributed by atoms with Crippen LogP contribution in [0.2, 0.25) is 19.6 Å². The van der Waals surface area contributed by atoms with Gasteiger partial charge in [0.2, 0.25) is 0 Å². The molecule has 1 rings (SSSR count). The molecule has 0 aliphatic rings. The second kappa shape index (κ2) is 8.91. The number of esters is 1. The normalized spacial score (nSPS) is 15.7. The van der Waals surface area contributed by atoms with Crippen LogP contribution < -0.4 is 0 Å². The number of hydrogen-bond acceptors (Lipinski definition) is 4. The molecule has 4 nitrogen and oxygen atoms in total. The number of alkyl halides is 2. The van der Waals surface area contributed by atoms with Gasteiger partial charge >= 0.3 is 5.97 Å². The Balaban J connectivity index is 2.74. The summed E-state index contributed by atoms with van der Waals surface area (Å²) in [7, 11) is -2.09. The van der Waals surface area contributed by atoms with Crippen molar-refractivity contribution in [2.75, 3.05) is 13.2 Å². The maximum absolute atomic E-state index is 14.9. The van der Waals surface area contributed by atoms with E-state index in [0.29, 0.717) is 6.61 Å². The Morgan fingerprint density at radius 3 is 2.43 bits per heavy atom. The summed E-state index contributed by atoms with van der Waals surface area (Å²) in [5.41, 5.74) is 0.967. The van der Waals surface area contributed by atoms with Crippen LogP contribution in [0, 0.1) is 0 Å². The summed E-state index contributed by atoms with van der Waals surface area (Å²) in [6.07, 6.45) is -1.07. The predicted octanol–water partition coefficient (Wildman–Crippen LogP) is 4.05. The smallest absolute Gasteiger partial charge is 0.358 e. The topological polar surface area (TPSA) is 44.8 Å². The highest BCUT2D eigenvalue weighted by Crippen LogP contribution is 2.31. The minimum atomic E-state index is -2.43. The quantitative estimate of drug-likeness (QED) is 0.352. The van der Waals surface area contributed by atoms with Crippen molar-refractivity contribution in [3.8, 4) is 0 Å². The highest BCUT2D eigenvalue weighted by molar-refractivity contribution is 9.10. The molecule has 2 atom stereocenters. The van der Waals surface area contributed by atoms with Gasteiger partial charge in [0, 0.05) is 0 Å². The van der Waals surface area contributed by atoms with E-state index in [9.17, 15) is 9.18 Å². The van der Waals surface area contributed by atoms with Gasteiger partial charge in [-0.15, -0.1) is 0 Å². The van der Waals surface area contributed by atoms with E-state index in [1.165, 1.54) is 0 Å². The van der Waals surface area contributed by atoms with E-state index in [-0.39, 0.29) is 13.2 Å². The van der Waals surface area contributed by atoms with E-state index >= 15 is 0 Å². The van der Waals surface area contributed by atoms with E-state index < -0.39 is 25.0 Å². The molecule has 0 fully saturated rings. The molecule has 0 N–H and O–H groups in total. The average Bonchev–Trinajstić information content (AvgIpc) is 2.46. The van der Waals surface area contributed by atoms with Crippen molar-refractivity contribution >= 4 is 30.2 Å². The lowest BCUT2D eigenvalue weighted by molar-refractivity contribution is -0.157. The number of rotatable bonds is 9. The lowest BCUT2D eigenvalue weighted by Gasteiger charge is -2.32. The lowest BCUT2D eigenvalue weighted by atomic mass is 10.2. The third-order valence-corrected chi connectivity index (χ3v) is 4.65. The molecule has 0 aliphatic heterocycles. The molecule has 7 heteroatoms. The van der Waals surface area contributed by atoms with Gasteiger partial charge in [0.05, 0.1) is 19.8 Å². The Labute approximate surface area is 146 Å². The summed E-state index contributed by atoms with van der Waals surface area (Å²) in [6, 6.07) is 9.54. The third kappa shape index (κ3) is 7.11. The van der Waals surface area contributed by atoms with Crippen LogP contribution in [0.25, 0.3) is 0 Å². The third-order valence-electron chi connectivity index (χ3n) is 2.83. The standard InChI is InChI=1S/C16H24BrFO4Si/c1-5-21-15(19)16(17,18)14(22-23(2,3)4)12-20-11-13-9-7-6-8-10-13/h6-10,14H,5,11-12H2,1-4H3/t14-,16-/m1/s1. The summed E-state index contributed by atoms with van der Waals surface area (Å²) < 4.78 is 28.6. The van der Waals surface area contributed by atoms with Crippen molar-refractivity contribution in [1.82, 2.24) is 0 Å². The van der Waals surface area contributed by atoms with Crippen LogP contribution in [0.3, 0.4) is 0 Å². The second-order valence-corrected chi connectivity index (χ2v) is 11.7. The van der Waals surface area contributed by atoms with E-state index in [2.05, 4.69) is 15.9 Å². The lowest BCUT2D eigenvalue weighted by Crippen LogP contribution is -2.49. The Morgan fingerprint density at radius 1 is 1.30 bits per heavy atom. The largest absolute Gasteiger partial charge is 0.463 e. The fraction of sp³-hybridized carbons (Fsp3) is 0.562. The molecule has 1 aromatic rings. The predicted molar refractivity (Wildman–Crippen MR) is 93.7 cm³/mol. The summed E-state index contributed by atoms with van der Waals surface area (Å²) in [4.78, 5) is 11.9. The zero-order chi connectivity index (χ0) is 17.5. The van der Waals surface area contributed by atoms with E-state index in [1.807, 2.05) is 50.0 Å². The van der Waals surface area contributed by atoms with Crippen LogP contribution in [-0.4, -0.2) is 38.2 Å². The zero-order valence-electron chi connectivity index (χ0n) is 14.0. The first-order valence-electron chi connectivity index (χ1n) is 7.51. The number of hydrogen-bond donors (Lipinski definition) is 0. The molecule has 23 heavy (non-hydrogen) atoms. The van der Waals surface area contributed by atoms with Crippen LogP contribution in [0.4, 0.5) is 4.39 Å². The van der Waals surface area contributed by atoms with Crippen molar-refractivity contribution < 1.29 is 23.1 Å². The van der Waals surface area contributed by atoms with Gasteiger partial charge in [-0.2, -0.15) is 0 Å². The number of carbonyl (C=O) groups excluding carboxylic acids is 1. The molecular formula is C16H24BrFO4Si. The maximum atomic E-state index is 14.9. The minimum absolute atomic E-state index is 0.0558. The van der Waals surface area contributed by atoms with Crippen LogP contribution in [0.1, 0.15) is 12.5 Å². The number of carbonyl (C=O) groups is 1. The SMILES string of the molecule is CCOC(=O)[C@@](F)(Br)[C@@H](COCc1ccccc1)O[Si](C)(C)C. The van der Waals surface area contributed by atoms with Gasteiger partial charge in [-0.05, 0) is 48.1 Å². The van der Waals surface area contributed by atoms with Crippen molar-refractivity contribution in [2.24, 2.45) is 0 Å². The number of halogens is 2. The molecule has 0 saturated carbocycles. The van der Waals surface area contributed by atoms with Gasteiger partial charge in [-0.3, -0.25) is 0 Å². The minimum Gasteiger partial charge on any atom is -0.463 e. The molecule has 0 spiro atoms. The van der Waals surface area contributed by atoms with E-state index in [0.717, 1.165) is 5.56 Å². The van der Waals surface area contributed by atoms with Crippen LogP contribution in [-0.2, 0) is 25.3 Å². The molecule has 1 aromatic carbocycles. The fourth-order valence-electron chi connectivity index (χ4n) is 1.86. The summed E-state index contributed by atoms with van der Waals surface area (Å²) in [5.74, 6) is -0.994. The molecule has 0 aromatic heterocycles. The second-order valence-electron chi connectivity index (χ2n) is 6.06. The Hall–Kier alpha value is -0.763. The Kier molecular flexibility index (Phi) is 7.86. The molecule has 0 amide bonds. The molecule has 130 valence electrons. The molecular weight excluding hydrogens is 383 g/mol. The molecule has 0 heterocycles. The van der Waals surface area contributed by atoms with Crippen LogP contribution >= 0.6 is 15.9 Å². The van der Waals surface area contributed by atoms with Gasteiger partial charge in [0.15, 0.2) is 8.32 Å². The summed E-state index contributed by atoms with van der Waals surface area (Å²) in [6.45, 7) is 7.75. The van der Waals surface area contributed by atoms with Crippen LogP contribution in [0.5, 0.6) is 0 Å². The molecule has 0 bridgehead atoms. The average molecular weight is 407 g/mol. The highest BCUT2D eigenvalue weighted by Gasteiger charge is 2.48. The number of ether oxygens (including phenoxy) is 2. The number of benzene rings is 1. The van der Waals surface area contributed by atoms with Crippen molar-refractivity contribution in [2.45, 2.75) is 43.9 Å². The molecule has 0 aliphatic carbocycles. The van der Waals surface area contributed by atoms with Gasteiger partial charge in [-0.1, -0.05) is 30.3 Å². The molecule has 0 radical (unpaired) electrons. The highest BCUT2D eigenvalue weighted by atomic mass is 79.9. The summed E-state index contributed by atoms with van der Waals surface area (Å²) in [5, 5.41) is 0. The fourth-order valence-corrected chi connectivity index (χ4v) is 3.45. The first kappa shape index (κ1) is 20.3. The van der Waals surface area contributed by atoms with Gasteiger partial charge in [-0.25, -0.2) is 9.18 Å². The van der Waals surface area contributed by atoms with Crippen molar-refractivity contribution in [3.63, 3.8) is 0 Å². The van der Waals surface area contributed by atoms with Crippen LogP contribution in [0.15, 0.2) is 30.3 Å². The van der Waals surface area contributed by atoms with E-state index in [1.54, 1.807) is 6.92 Å². The summed E-state index contributed by atoms with van der Waals surface area (Å²) >= 11 is 2.83. The zero-order valence-corrected chi connectivity index (χ0v) is 16.6. The Morgan fingerprint density at radius 2 is 1.91 bits per heavy atom. The monoisotopic (exact) mass is 406 g/mol.